The van der Waals surface area contributed by atoms with E-state index in [9.17, 15) is 14.4 Å². The maximum absolute atomic E-state index is 17.0. The first-order valence-corrected chi connectivity index (χ1v) is 24.2. The van der Waals surface area contributed by atoms with Gasteiger partial charge in [0.2, 0.25) is 0 Å². The van der Waals surface area contributed by atoms with Crippen LogP contribution >= 0.6 is 7.14 Å². The van der Waals surface area contributed by atoms with Gasteiger partial charge >= 0.3 is 18.1 Å². The van der Waals surface area contributed by atoms with Gasteiger partial charge in [0, 0.05) is 0 Å². The first kappa shape index (κ1) is 51.0. The van der Waals surface area contributed by atoms with Crippen LogP contribution < -0.4 is 33.2 Å². The second-order valence-corrected chi connectivity index (χ2v) is 19.1. The van der Waals surface area contributed by atoms with Gasteiger partial charge < -0.3 is 37.7 Å². The van der Waals surface area contributed by atoms with Crippen molar-refractivity contribution in [3.05, 3.63) is 0 Å². The highest BCUT2D eigenvalue weighted by molar-refractivity contribution is 7.66. The number of unbranched alkanes of at least 4 members (excludes halogenated alkanes) is 15. The minimum atomic E-state index is -3.90. The van der Waals surface area contributed by atoms with Crippen molar-refractivity contribution < 1.29 is 18.9 Å². The molecule has 0 saturated heterocycles. The Balaban J connectivity index is 7.52. The molecule has 6 atom stereocenters. The van der Waals surface area contributed by atoms with E-state index in [1.807, 2.05) is 0 Å². The zero-order chi connectivity index (χ0) is 39.9. The molecule has 0 aliphatic carbocycles. The van der Waals surface area contributed by atoms with Gasteiger partial charge in [-0.25, -0.2) is 14.4 Å². The molecule has 0 fully saturated rings. The smallest absolute Gasteiger partial charge is 0.312 e. The molecule has 6 unspecified atom stereocenters. The van der Waals surface area contributed by atoms with Gasteiger partial charge in [-0.05, 0) is 56.3 Å². The number of carbonyl (C=O) groups excluding carboxylic acids is 3. The number of nitrogens with two attached hydrogens (primary N) is 3. The van der Waals surface area contributed by atoms with Crippen molar-refractivity contribution in [1.29, 1.82) is 0 Å². The van der Waals surface area contributed by atoms with Crippen molar-refractivity contribution in [1.82, 2.24) is 16.0 Å². The van der Waals surface area contributed by atoms with E-state index >= 15 is 4.57 Å². The van der Waals surface area contributed by atoms with Crippen LogP contribution in [-0.4, -0.2) is 35.4 Å². The number of nitrogens with one attached hydrogen (secondary N) is 3. The first-order valence-electron chi connectivity index (χ1n) is 22.2. The molecule has 10 nitrogen and oxygen atoms in total. The van der Waals surface area contributed by atoms with Crippen molar-refractivity contribution in [3.63, 3.8) is 0 Å². The number of urea groups is 3. The molecule has 6 amide bonds. The van der Waals surface area contributed by atoms with Crippen LogP contribution in [0.3, 0.4) is 0 Å². The van der Waals surface area contributed by atoms with Gasteiger partial charge in [0.05, 0.1) is 17.3 Å². The molecule has 0 aromatic heterocycles. The van der Waals surface area contributed by atoms with E-state index in [0.29, 0.717) is 0 Å². The third-order valence-electron chi connectivity index (χ3n) is 11.3. The zero-order valence-corrected chi connectivity index (χ0v) is 36.3. The Kier molecular flexibility index (Phi) is 31.1. The summed E-state index contributed by atoms with van der Waals surface area (Å²) in [5.74, 6) is -3.11. The third-order valence-corrected chi connectivity index (χ3v) is 15.5. The van der Waals surface area contributed by atoms with Crippen LogP contribution in [0, 0.1) is 17.8 Å². The summed E-state index contributed by atoms with van der Waals surface area (Å²) in [5, 5.41) is 9.12. The Morgan fingerprint density at radius 3 is 0.811 bits per heavy atom. The van der Waals surface area contributed by atoms with Crippen molar-refractivity contribution in [2.45, 2.75) is 232 Å². The monoisotopic (exact) mass is 771 g/mol. The summed E-state index contributed by atoms with van der Waals surface area (Å²) >= 11 is 0. The Morgan fingerprint density at radius 1 is 0.377 bits per heavy atom. The number of carbonyl (C=O) groups is 3. The summed E-state index contributed by atoms with van der Waals surface area (Å²) in [4.78, 5) is 39.2. The van der Waals surface area contributed by atoms with Crippen LogP contribution in [0.5, 0.6) is 0 Å². The van der Waals surface area contributed by atoms with Crippen LogP contribution in [0.1, 0.15) is 215 Å². The van der Waals surface area contributed by atoms with E-state index in [4.69, 9.17) is 17.2 Å². The number of primary amides is 3. The Bertz CT molecular complexity index is 866. The molecule has 0 saturated carbocycles. The van der Waals surface area contributed by atoms with Crippen LogP contribution in [0.15, 0.2) is 0 Å². The molecule has 0 bridgehead atoms. The maximum Gasteiger partial charge on any atom is 0.312 e. The maximum atomic E-state index is 17.0. The Labute approximate surface area is 326 Å². The molecule has 0 heterocycles. The molecule has 0 aliphatic rings. The lowest BCUT2D eigenvalue weighted by Gasteiger charge is -2.47. The molecule has 0 rings (SSSR count). The molecule has 314 valence electrons. The van der Waals surface area contributed by atoms with Gasteiger partial charge in [-0.2, -0.15) is 0 Å². The minimum absolute atomic E-state index is 0.175. The fraction of sp³-hybridized carbons (Fsp3) is 0.929. The SMILES string of the molecule is CCCCCCCCC(CCC)C(NC(N)=O)P(=O)(C(NC(N)=O)C(CCC)CCCCCCCC)C(NC(N)=O)C(CCC)CCCCCCCC. The van der Waals surface area contributed by atoms with E-state index in [1.54, 1.807) is 0 Å². The fourth-order valence-corrected chi connectivity index (χ4v) is 13.6. The summed E-state index contributed by atoms with van der Waals surface area (Å²) in [6.07, 6.45) is 26.9. The fourth-order valence-electron chi connectivity index (χ4n) is 8.65. The first-order chi connectivity index (χ1) is 25.5. The third kappa shape index (κ3) is 21.6. The number of rotatable bonds is 36. The summed E-state index contributed by atoms with van der Waals surface area (Å²) < 4.78 is 17.0. The molecule has 0 aliphatic heterocycles. The molecule has 11 heteroatoms. The van der Waals surface area contributed by atoms with E-state index in [-0.39, 0.29) is 17.8 Å². The van der Waals surface area contributed by atoms with Crippen LogP contribution in [0.2, 0.25) is 0 Å². The lowest BCUT2D eigenvalue weighted by molar-refractivity contribution is 0.234. The topological polar surface area (TPSA) is 182 Å². The predicted octanol–water partition coefficient (Wildman–Crippen LogP) is 11.8. The van der Waals surface area contributed by atoms with Crippen LogP contribution in [0.25, 0.3) is 0 Å². The van der Waals surface area contributed by atoms with Crippen molar-refractivity contribution in [2.75, 3.05) is 0 Å². The van der Waals surface area contributed by atoms with Crippen molar-refractivity contribution in [3.8, 4) is 0 Å². The minimum Gasteiger partial charge on any atom is -0.352 e. The van der Waals surface area contributed by atoms with Gasteiger partial charge in [-0.3, -0.25) is 0 Å². The van der Waals surface area contributed by atoms with Gasteiger partial charge in [0.25, 0.3) is 0 Å². The van der Waals surface area contributed by atoms with Crippen LogP contribution in [-0.2, 0) is 4.57 Å². The van der Waals surface area contributed by atoms with Gasteiger partial charge in [-0.1, -0.05) is 176 Å². The molecular formula is C42H87N6O4P. The van der Waals surface area contributed by atoms with Crippen molar-refractivity contribution in [2.24, 2.45) is 35.0 Å². The quantitative estimate of drug-likeness (QED) is 0.0274. The molecule has 0 aromatic carbocycles. The molecule has 0 aromatic rings. The number of hydrogen-bond donors (Lipinski definition) is 6. The lowest BCUT2D eigenvalue weighted by atomic mass is 9.94. The van der Waals surface area contributed by atoms with Gasteiger partial charge in [-0.15, -0.1) is 0 Å². The Hall–Kier alpha value is -1.96. The zero-order valence-electron chi connectivity index (χ0n) is 35.4. The van der Waals surface area contributed by atoms with E-state index in [1.165, 1.54) is 57.8 Å². The summed E-state index contributed by atoms with van der Waals surface area (Å²) in [5.41, 5.74) is 18.0. The standard InChI is InChI=1S/C42H87N6O4P/c1-7-13-16-19-22-25-31-34(28-10-4)37(46-40(43)49)53(52,38(47-41(44)50)35(29-11-5)32-26-23-20-17-14-8-2)39(48-42(45)51)36(30-12-6)33-27-24-21-18-15-9-3/h34-39H,7-33H2,1-6H3,(H3,43,46,49)(H3,44,47,50)(H3,45,48,51). The second kappa shape index (κ2) is 32.3. The second-order valence-electron chi connectivity index (χ2n) is 15.9. The highest BCUT2D eigenvalue weighted by atomic mass is 31.2. The summed E-state index contributed by atoms with van der Waals surface area (Å²) in [7, 11) is -3.90. The van der Waals surface area contributed by atoms with Crippen molar-refractivity contribution >= 4 is 25.2 Å². The van der Waals surface area contributed by atoms with E-state index in [0.717, 1.165) is 116 Å². The average molecular weight is 771 g/mol. The highest BCUT2D eigenvalue weighted by Crippen LogP contribution is 2.65. The van der Waals surface area contributed by atoms with Gasteiger partial charge in [0.15, 0.2) is 7.14 Å². The largest absolute Gasteiger partial charge is 0.352 e. The van der Waals surface area contributed by atoms with Crippen LogP contribution in [0.4, 0.5) is 14.4 Å². The molecule has 53 heavy (non-hydrogen) atoms. The molecular weight excluding hydrogens is 683 g/mol. The molecule has 0 radical (unpaired) electrons. The molecule has 9 N–H and O–H groups in total. The number of amides is 6. The average Bonchev–Trinajstić information content (AvgIpc) is 3.11. The van der Waals surface area contributed by atoms with E-state index < -0.39 is 42.6 Å². The Morgan fingerprint density at radius 2 is 0.604 bits per heavy atom. The highest BCUT2D eigenvalue weighted by Gasteiger charge is 2.54. The summed E-state index contributed by atoms with van der Waals surface area (Å²) in [6.45, 7) is 12.9. The summed E-state index contributed by atoms with van der Waals surface area (Å²) in [6, 6.07) is -2.25. The van der Waals surface area contributed by atoms with Gasteiger partial charge in [0.1, 0.15) is 0 Å². The lowest BCUT2D eigenvalue weighted by Crippen LogP contribution is -2.57. The van der Waals surface area contributed by atoms with E-state index in [2.05, 4.69) is 57.5 Å². The predicted molar refractivity (Wildman–Crippen MR) is 226 cm³/mol. The normalized spacial score (nSPS) is 16.1. The number of hydrogen-bond acceptors (Lipinski definition) is 4. The molecule has 0 spiro atoms.